The molecule has 92 valence electrons. The van der Waals surface area contributed by atoms with Gasteiger partial charge in [-0.3, -0.25) is 0 Å². The van der Waals surface area contributed by atoms with Crippen LogP contribution in [0.5, 0.6) is 5.75 Å². The number of halogens is 4. The molecule has 0 amide bonds. The van der Waals surface area contributed by atoms with Crippen molar-refractivity contribution in [3.8, 4) is 5.75 Å². The average Bonchev–Trinajstić information content (AvgIpc) is 2.63. The Hall–Kier alpha value is -1.16. The second kappa shape index (κ2) is 4.61. The fourth-order valence-electron chi connectivity index (χ4n) is 1.81. The number of alkyl halides is 4. The van der Waals surface area contributed by atoms with E-state index in [0.29, 0.717) is 0 Å². The van der Waals surface area contributed by atoms with Crippen molar-refractivity contribution in [3.63, 3.8) is 0 Å². The van der Waals surface area contributed by atoms with Crippen LogP contribution in [0.15, 0.2) is 30.3 Å². The van der Waals surface area contributed by atoms with Gasteiger partial charge in [0.1, 0.15) is 5.75 Å². The SMILES string of the molecule is FC(F)(F)Oc1cccc(C2=CC(Cl)CC2)c1. The fourth-order valence-corrected chi connectivity index (χ4v) is 2.07. The van der Waals surface area contributed by atoms with Gasteiger partial charge in [0.2, 0.25) is 0 Å². The van der Waals surface area contributed by atoms with Crippen molar-refractivity contribution in [1.29, 1.82) is 0 Å². The second-order valence-electron chi connectivity index (χ2n) is 3.82. The quantitative estimate of drug-likeness (QED) is 0.719. The lowest BCUT2D eigenvalue weighted by Gasteiger charge is -2.10. The zero-order valence-electron chi connectivity index (χ0n) is 8.80. The Morgan fingerprint density at radius 2 is 2.06 bits per heavy atom. The normalized spacial score (nSPS) is 20.2. The first-order chi connectivity index (χ1) is 7.94. The number of ether oxygens (including phenoxy) is 1. The summed E-state index contributed by atoms with van der Waals surface area (Å²) in [6.45, 7) is 0. The van der Waals surface area contributed by atoms with Gasteiger partial charge in [-0.15, -0.1) is 24.8 Å². The van der Waals surface area contributed by atoms with E-state index in [9.17, 15) is 13.2 Å². The third-order valence-electron chi connectivity index (χ3n) is 2.51. The highest BCUT2D eigenvalue weighted by Gasteiger charge is 2.31. The maximum atomic E-state index is 12.1. The van der Waals surface area contributed by atoms with Crippen LogP contribution in [-0.4, -0.2) is 11.7 Å². The van der Waals surface area contributed by atoms with Crippen molar-refractivity contribution in [3.05, 3.63) is 35.9 Å². The molecule has 0 spiro atoms. The van der Waals surface area contributed by atoms with E-state index in [2.05, 4.69) is 4.74 Å². The molecule has 0 fully saturated rings. The average molecular weight is 263 g/mol. The summed E-state index contributed by atoms with van der Waals surface area (Å²) < 4.78 is 40.0. The first-order valence-corrected chi connectivity index (χ1v) is 5.59. The molecule has 0 N–H and O–H groups in total. The van der Waals surface area contributed by atoms with Crippen LogP contribution in [0, 0.1) is 0 Å². The van der Waals surface area contributed by atoms with Gasteiger partial charge in [0.25, 0.3) is 0 Å². The minimum Gasteiger partial charge on any atom is -0.406 e. The first kappa shape index (κ1) is 12.3. The number of hydrogen-bond donors (Lipinski definition) is 0. The zero-order valence-corrected chi connectivity index (χ0v) is 9.55. The summed E-state index contributed by atoms with van der Waals surface area (Å²) in [6.07, 6.45) is -1.18. The maximum Gasteiger partial charge on any atom is 0.573 e. The summed E-state index contributed by atoms with van der Waals surface area (Å²) in [5.74, 6) is -0.200. The lowest BCUT2D eigenvalue weighted by Crippen LogP contribution is -2.17. The van der Waals surface area contributed by atoms with Crippen LogP contribution in [0.3, 0.4) is 0 Å². The molecule has 2 rings (SSSR count). The molecule has 0 bridgehead atoms. The van der Waals surface area contributed by atoms with Crippen LogP contribution >= 0.6 is 11.6 Å². The molecule has 0 saturated carbocycles. The van der Waals surface area contributed by atoms with E-state index in [-0.39, 0.29) is 11.1 Å². The number of rotatable bonds is 2. The minimum atomic E-state index is -4.66. The van der Waals surface area contributed by atoms with Crippen LogP contribution in [0.4, 0.5) is 13.2 Å². The molecular weight excluding hydrogens is 253 g/mol. The van der Waals surface area contributed by atoms with E-state index >= 15 is 0 Å². The monoisotopic (exact) mass is 262 g/mol. The summed E-state index contributed by atoms with van der Waals surface area (Å²) in [6, 6.07) is 5.96. The molecule has 1 nitrogen and oxygen atoms in total. The number of benzene rings is 1. The summed E-state index contributed by atoms with van der Waals surface area (Å²) >= 11 is 5.92. The zero-order chi connectivity index (χ0) is 12.5. The minimum absolute atomic E-state index is 0.0304. The van der Waals surface area contributed by atoms with Crippen molar-refractivity contribution in [2.75, 3.05) is 0 Å². The van der Waals surface area contributed by atoms with Gasteiger partial charge in [0.15, 0.2) is 0 Å². The summed E-state index contributed by atoms with van der Waals surface area (Å²) in [5, 5.41) is -0.0304. The molecule has 17 heavy (non-hydrogen) atoms. The van der Waals surface area contributed by atoms with Crippen molar-refractivity contribution in [2.45, 2.75) is 24.6 Å². The molecule has 1 aromatic rings. The Bertz CT molecular complexity index is 440. The molecule has 1 aliphatic rings. The Kier molecular flexibility index (Phi) is 3.33. The van der Waals surface area contributed by atoms with E-state index in [0.717, 1.165) is 24.0 Å². The molecule has 0 aliphatic heterocycles. The van der Waals surface area contributed by atoms with Gasteiger partial charge in [-0.1, -0.05) is 18.2 Å². The van der Waals surface area contributed by atoms with Crippen LogP contribution < -0.4 is 4.74 Å². The van der Waals surface area contributed by atoms with Gasteiger partial charge in [-0.2, -0.15) is 0 Å². The summed E-state index contributed by atoms with van der Waals surface area (Å²) in [5.41, 5.74) is 1.70. The van der Waals surface area contributed by atoms with Crippen LogP contribution in [0.25, 0.3) is 5.57 Å². The van der Waals surface area contributed by atoms with Crippen molar-refractivity contribution >= 4 is 17.2 Å². The molecule has 0 heterocycles. The lowest BCUT2D eigenvalue weighted by molar-refractivity contribution is -0.274. The molecule has 1 atom stereocenters. The third kappa shape index (κ3) is 3.40. The van der Waals surface area contributed by atoms with E-state index in [1.165, 1.54) is 12.1 Å². The third-order valence-corrected chi connectivity index (χ3v) is 2.85. The Balaban J connectivity index is 2.20. The molecule has 1 aliphatic carbocycles. The number of hydrogen-bond acceptors (Lipinski definition) is 1. The van der Waals surface area contributed by atoms with Gasteiger partial charge < -0.3 is 4.74 Å². The van der Waals surface area contributed by atoms with Gasteiger partial charge >= 0.3 is 6.36 Å². The van der Waals surface area contributed by atoms with E-state index < -0.39 is 6.36 Å². The van der Waals surface area contributed by atoms with Crippen LogP contribution in [-0.2, 0) is 0 Å². The fraction of sp³-hybridized carbons (Fsp3) is 0.333. The molecule has 0 saturated heterocycles. The highest BCUT2D eigenvalue weighted by molar-refractivity contribution is 6.22. The van der Waals surface area contributed by atoms with Crippen molar-refractivity contribution in [1.82, 2.24) is 0 Å². The lowest BCUT2D eigenvalue weighted by atomic mass is 10.1. The van der Waals surface area contributed by atoms with E-state index in [4.69, 9.17) is 11.6 Å². The van der Waals surface area contributed by atoms with E-state index in [1.54, 1.807) is 12.1 Å². The Labute approximate surface area is 102 Å². The first-order valence-electron chi connectivity index (χ1n) is 5.15. The maximum absolute atomic E-state index is 12.1. The van der Waals surface area contributed by atoms with Crippen LogP contribution in [0.1, 0.15) is 18.4 Å². The molecule has 1 unspecified atom stereocenters. The molecule has 1 aromatic carbocycles. The van der Waals surface area contributed by atoms with Gasteiger partial charge in [0, 0.05) is 0 Å². The van der Waals surface area contributed by atoms with Crippen molar-refractivity contribution < 1.29 is 17.9 Å². The predicted octanol–water partition coefficient (Wildman–Crippen LogP) is 4.37. The molecule has 0 aromatic heterocycles. The predicted molar refractivity (Wildman–Crippen MR) is 60.0 cm³/mol. The molecular formula is C12H10ClF3O. The highest BCUT2D eigenvalue weighted by atomic mass is 35.5. The van der Waals surface area contributed by atoms with Gasteiger partial charge in [0.05, 0.1) is 5.38 Å². The summed E-state index contributed by atoms with van der Waals surface area (Å²) in [4.78, 5) is 0. The van der Waals surface area contributed by atoms with Gasteiger partial charge in [-0.25, -0.2) is 0 Å². The Morgan fingerprint density at radius 1 is 1.29 bits per heavy atom. The summed E-state index contributed by atoms with van der Waals surface area (Å²) in [7, 11) is 0. The van der Waals surface area contributed by atoms with Crippen molar-refractivity contribution in [2.24, 2.45) is 0 Å². The smallest absolute Gasteiger partial charge is 0.406 e. The van der Waals surface area contributed by atoms with Crippen LogP contribution in [0.2, 0.25) is 0 Å². The highest BCUT2D eigenvalue weighted by Crippen LogP contribution is 2.33. The topological polar surface area (TPSA) is 9.23 Å². The van der Waals surface area contributed by atoms with Gasteiger partial charge in [-0.05, 0) is 36.1 Å². The van der Waals surface area contributed by atoms with E-state index in [1.807, 2.05) is 6.08 Å². The number of allylic oxidation sites excluding steroid dienone is 2. The second-order valence-corrected chi connectivity index (χ2v) is 4.38. The largest absolute Gasteiger partial charge is 0.573 e. The Morgan fingerprint density at radius 3 is 2.65 bits per heavy atom. The standard InChI is InChI=1S/C12H10ClF3O/c13-10-5-4-9(6-10)8-2-1-3-11(7-8)17-12(14,15)16/h1-3,6-7,10H,4-5H2. The molecule has 5 heteroatoms. The molecule has 0 radical (unpaired) electrons.